The van der Waals surface area contributed by atoms with E-state index in [1.165, 1.54) is 0 Å². The van der Waals surface area contributed by atoms with Crippen molar-refractivity contribution in [3.63, 3.8) is 0 Å². The highest BCUT2D eigenvalue weighted by molar-refractivity contribution is 5.96. The Hall–Kier alpha value is -2.86. The maximum absolute atomic E-state index is 12.6. The molecule has 142 valence electrons. The van der Waals surface area contributed by atoms with E-state index in [0.29, 0.717) is 31.9 Å². The topological polar surface area (TPSA) is 69.3 Å². The number of hydrogen-bond acceptors (Lipinski definition) is 4. The highest BCUT2D eigenvalue weighted by Crippen LogP contribution is 2.15. The van der Waals surface area contributed by atoms with Crippen molar-refractivity contribution in [2.45, 2.75) is 33.4 Å². The third kappa shape index (κ3) is 5.08. The Labute approximate surface area is 159 Å². The van der Waals surface area contributed by atoms with E-state index < -0.39 is 0 Å². The zero-order chi connectivity index (χ0) is 19.1. The van der Waals surface area contributed by atoms with E-state index in [1.54, 1.807) is 6.26 Å². The normalized spacial score (nSPS) is 10.9. The molecule has 0 aliphatic heterocycles. The minimum absolute atomic E-state index is 0.0876. The van der Waals surface area contributed by atoms with Gasteiger partial charge in [0.15, 0.2) is 0 Å². The van der Waals surface area contributed by atoms with Gasteiger partial charge in [-0.2, -0.15) is 5.10 Å². The molecule has 2 heterocycles. The summed E-state index contributed by atoms with van der Waals surface area (Å²) in [5.74, 6) is 0.714. The first-order valence-corrected chi connectivity index (χ1v) is 9.11. The van der Waals surface area contributed by atoms with Crippen molar-refractivity contribution in [2.75, 3.05) is 13.2 Å². The smallest absolute Gasteiger partial charge is 0.255 e. The van der Waals surface area contributed by atoms with Crippen LogP contribution in [0, 0.1) is 13.8 Å². The molecule has 0 saturated carbocycles. The van der Waals surface area contributed by atoms with Gasteiger partial charge in [0.1, 0.15) is 12.4 Å². The lowest BCUT2D eigenvalue weighted by atomic mass is 10.1. The molecule has 0 atom stereocenters. The molecular formula is C21H25N3O3. The molecule has 6 nitrogen and oxygen atoms in total. The lowest BCUT2D eigenvalue weighted by molar-refractivity contribution is 0.0916. The molecule has 0 unspecified atom stereocenters. The molecule has 0 fully saturated rings. The van der Waals surface area contributed by atoms with Gasteiger partial charge >= 0.3 is 0 Å². The zero-order valence-electron chi connectivity index (χ0n) is 15.8. The number of nitrogens with zero attached hydrogens (tertiary/aromatic N) is 2. The fourth-order valence-electron chi connectivity index (χ4n) is 2.97. The number of hydrogen-bond donors (Lipinski definition) is 1. The van der Waals surface area contributed by atoms with Gasteiger partial charge in [-0.15, -0.1) is 0 Å². The van der Waals surface area contributed by atoms with Crippen molar-refractivity contribution in [1.82, 2.24) is 15.1 Å². The third-order valence-electron chi connectivity index (χ3n) is 4.36. The number of benzene rings is 1. The Bertz CT molecular complexity index is 854. The van der Waals surface area contributed by atoms with Crippen LogP contribution >= 0.6 is 0 Å². The Morgan fingerprint density at radius 2 is 2.00 bits per heavy atom. The fraction of sp³-hybridized carbons (Fsp3) is 0.333. The Morgan fingerprint density at radius 3 is 2.74 bits per heavy atom. The number of amides is 1. The van der Waals surface area contributed by atoms with E-state index in [0.717, 1.165) is 29.1 Å². The number of carbonyl (C=O) groups excluding carboxylic acids is 1. The SMILES string of the molecule is Cc1nn(Cc2ccccc2)c(C)c1C(=O)NCCCOCc1ccco1. The van der Waals surface area contributed by atoms with Crippen molar-refractivity contribution in [3.8, 4) is 0 Å². The number of carbonyl (C=O) groups is 1. The second-order valence-electron chi connectivity index (χ2n) is 6.43. The van der Waals surface area contributed by atoms with Crippen LogP contribution < -0.4 is 5.32 Å². The standard InChI is InChI=1S/C21H25N3O3/c1-16-20(17(2)24(23-16)14-18-8-4-3-5-9-18)21(25)22-11-7-12-26-15-19-10-6-13-27-19/h3-6,8-10,13H,7,11-12,14-15H2,1-2H3,(H,22,25). The van der Waals surface area contributed by atoms with Gasteiger partial charge < -0.3 is 14.5 Å². The molecule has 1 amide bonds. The predicted molar refractivity (Wildman–Crippen MR) is 103 cm³/mol. The fourth-order valence-corrected chi connectivity index (χ4v) is 2.97. The molecule has 0 spiro atoms. The molecule has 27 heavy (non-hydrogen) atoms. The number of aromatic nitrogens is 2. The van der Waals surface area contributed by atoms with Crippen molar-refractivity contribution in [3.05, 3.63) is 77.0 Å². The molecule has 3 aromatic rings. The molecule has 0 radical (unpaired) electrons. The molecule has 1 aromatic carbocycles. The first-order chi connectivity index (χ1) is 13.1. The van der Waals surface area contributed by atoms with Crippen LogP contribution in [0.3, 0.4) is 0 Å². The maximum atomic E-state index is 12.6. The van der Waals surface area contributed by atoms with E-state index in [-0.39, 0.29) is 5.91 Å². The summed E-state index contributed by atoms with van der Waals surface area (Å²) < 4.78 is 12.6. The molecule has 0 aliphatic carbocycles. The zero-order valence-corrected chi connectivity index (χ0v) is 15.8. The van der Waals surface area contributed by atoms with Crippen LogP contribution in [-0.4, -0.2) is 28.8 Å². The first-order valence-electron chi connectivity index (χ1n) is 9.11. The van der Waals surface area contributed by atoms with E-state index in [1.807, 2.05) is 48.9 Å². The van der Waals surface area contributed by atoms with E-state index in [4.69, 9.17) is 9.15 Å². The second kappa shape index (κ2) is 9.19. The lowest BCUT2D eigenvalue weighted by Crippen LogP contribution is -2.26. The monoisotopic (exact) mass is 367 g/mol. The Balaban J connectivity index is 1.48. The second-order valence-corrected chi connectivity index (χ2v) is 6.43. The lowest BCUT2D eigenvalue weighted by Gasteiger charge is -2.07. The van der Waals surface area contributed by atoms with Gasteiger partial charge in [0.05, 0.1) is 24.1 Å². The van der Waals surface area contributed by atoms with Gasteiger partial charge in [-0.3, -0.25) is 9.48 Å². The van der Waals surface area contributed by atoms with Gasteiger partial charge in [0, 0.05) is 18.8 Å². The molecule has 0 saturated heterocycles. The highest BCUT2D eigenvalue weighted by atomic mass is 16.5. The molecule has 0 aliphatic rings. The predicted octanol–water partition coefficient (Wildman–Crippen LogP) is 3.48. The summed E-state index contributed by atoms with van der Waals surface area (Å²) in [7, 11) is 0. The van der Waals surface area contributed by atoms with Crippen LogP contribution in [0.1, 0.15) is 39.5 Å². The molecule has 2 aromatic heterocycles. The van der Waals surface area contributed by atoms with Gasteiger partial charge in [-0.05, 0) is 38.0 Å². The van der Waals surface area contributed by atoms with Gasteiger partial charge in [-0.25, -0.2) is 0 Å². The summed E-state index contributed by atoms with van der Waals surface area (Å²) in [6.45, 7) is 6.03. The summed E-state index contributed by atoms with van der Waals surface area (Å²) >= 11 is 0. The summed E-state index contributed by atoms with van der Waals surface area (Å²) in [5.41, 5.74) is 3.43. The molecular weight excluding hydrogens is 342 g/mol. The number of aryl methyl sites for hydroxylation is 1. The molecule has 0 bridgehead atoms. The Morgan fingerprint density at radius 1 is 1.19 bits per heavy atom. The van der Waals surface area contributed by atoms with Crippen LogP contribution in [-0.2, 0) is 17.9 Å². The number of rotatable bonds is 9. The molecule has 3 rings (SSSR count). The maximum Gasteiger partial charge on any atom is 0.255 e. The van der Waals surface area contributed by atoms with Crippen molar-refractivity contribution >= 4 is 5.91 Å². The van der Waals surface area contributed by atoms with Crippen LogP contribution in [0.4, 0.5) is 0 Å². The van der Waals surface area contributed by atoms with E-state index in [9.17, 15) is 4.79 Å². The largest absolute Gasteiger partial charge is 0.467 e. The van der Waals surface area contributed by atoms with Gasteiger partial charge in [-0.1, -0.05) is 30.3 Å². The van der Waals surface area contributed by atoms with Gasteiger partial charge in [0.2, 0.25) is 0 Å². The van der Waals surface area contributed by atoms with Crippen LogP contribution in [0.25, 0.3) is 0 Å². The quantitative estimate of drug-likeness (QED) is 0.588. The highest BCUT2D eigenvalue weighted by Gasteiger charge is 2.18. The summed E-state index contributed by atoms with van der Waals surface area (Å²) in [4.78, 5) is 12.6. The van der Waals surface area contributed by atoms with E-state index in [2.05, 4.69) is 22.5 Å². The molecule has 1 N–H and O–H groups in total. The van der Waals surface area contributed by atoms with E-state index >= 15 is 0 Å². The summed E-state index contributed by atoms with van der Waals surface area (Å²) in [6, 6.07) is 13.8. The average molecular weight is 367 g/mol. The first kappa shape index (κ1) is 18.9. The van der Waals surface area contributed by atoms with Crippen molar-refractivity contribution in [1.29, 1.82) is 0 Å². The van der Waals surface area contributed by atoms with Gasteiger partial charge in [0.25, 0.3) is 5.91 Å². The summed E-state index contributed by atoms with van der Waals surface area (Å²) in [5, 5.41) is 7.49. The average Bonchev–Trinajstić information content (AvgIpc) is 3.27. The molecule has 6 heteroatoms. The minimum atomic E-state index is -0.0876. The Kier molecular flexibility index (Phi) is 6.44. The minimum Gasteiger partial charge on any atom is -0.467 e. The van der Waals surface area contributed by atoms with Crippen molar-refractivity contribution < 1.29 is 13.9 Å². The number of nitrogens with one attached hydrogen (secondary N) is 1. The number of furan rings is 1. The van der Waals surface area contributed by atoms with Crippen LogP contribution in [0.2, 0.25) is 0 Å². The third-order valence-corrected chi connectivity index (χ3v) is 4.36. The van der Waals surface area contributed by atoms with Crippen LogP contribution in [0.5, 0.6) is 0 Å². The van der Waals surface area contributed by atoms with Crippen molar-refractivity contribution in [2.24, 2.45) is 0 Å². The van der Waals surface area contributed by atoms with Crippen LogP contribution in [0.15, 0.2) is 53.1 Å². The summed E-state index contributed by atoms with van der Waals surface area (Å²) in [6.07, 6.45) is 2.37. The number of ether oxygens (including phenoxy) is 1.